The first-order valence-electron chi connectivity index (χ1n) is 6.78. The first-order chi connectivity index (χ1) is 10.1. The maximum absolute atomic E-state index is 5.89. The van der Waals surface area contributed by atoms with Crippen molar-refractivity contribution in [2.45, 2.75) is 20.0 Å². The van der Waals surface area contributed by atoms with Gasteiger partial charge in [-0.3, -0.25) is 4.98 Å². The van der Waals surface area contributed by atoms with Crippen LogP contribution in [0.15, 0.2) is 42.7 Å². The molecule has 0 aliphatic rings. The van der Waals surface area contributed by atoms with E-state index in [4.69, 9.17) is 10.5 Å². The number of nitrogen functional groups attached to an aromatic ring is 1. The Morgan fingerprint density at radius 1 is 1.05 bits per heavy atom. The monoisotopic (exact) mass is 280 g/mol. The number of nitrogens with two attached hydrogens (primary N) is 1. The van der Waals surface area contributed by atoms with Gasteiger partial charge in [-0.1, -0.05) is 24.3 Å². The van der Waals surface area contributed by atoms with Gasteiger partial charge in [0.25, 0.3) is 0 Å². The fraction of sp³-hybridized carbons (Fsp3) is 0.188. The van der Waals surface area contributed by atoms with E-state index in [0.29, 0.717) is 11.6 Å². The van der Waals surface area contributed by atoms with E-state index in [-0.39, 0.29) is 6.10 Å². The number of rotatable bonds is 3. The van der Waals surface area contributed by atoms with Gasteiger partial charge in [-0.15, -0.1) is 10.2 Å². The third-order valence-electron chi connectivity index (χ3n) is 3.07. The molecule has 3 aromatic rings. The third-order valence-corrected chi connectivity index (χ3v) is 3.07. The molecule has 2 N–H and O–H groups in total. The van der Waals surface area contributed by atoms with Crippen molar-refractivity contribution in [3.05, 3.63) is 42.7 Å². The molecule has 2 aromatic heterocycles. The number of ether oxygens (including phenoxy) is 1. The summed E-state index contributed by atoms with van der Waals surface area (Å²) in [6.45, 7) is 3.95. The smallest absolute Gasteiger partial charge is 0.154 e. The van der Waals surface area contributed by atoms with Crippen molar-refractivity contribution >= 4 is 16.6 Å². The zero-order valence-corrected chi connectivity index (χ0v) is 11.9. The summed E-state index contributed by atoms with van der Waals surface area (Å²) in [6.07, 6.45) is 3.53. The molecule has 0 radical (unpaired) electrons. The van der Waals surface area contributed by atoms with E-state index in [9.17, 15) is 0 Å². The molecule has 0 spiro atoms. The fourth-order valence-electron chi connectivity index (χ4n) is 2.22. The summed E-state index contributed by atoms with van der Waals surface area (Å²) in [6, 6.07) is 9.71. The van der Waals surface area contributed by atoms with E-state index in [1.807, 2.05) is 44.2 Å². The lowest BCUT2D eigenvalue weighted by Gasteiger charge is -2.11. The Morgan fingerprint density at radius 3 is 2.57 bits per heavy atom. The van der Waals surface area contributed by atoms with Gasteiger partial charge in [0.05, 0.1) is 12.3 Å². The molecule has 1 aromatic carbocycles. The second kappa shape index (κ2) is 5.36. The van der Waals surface area contributed by atoms with Gasteiger partial charge >= 0.3 is 0 Å². The van der Waals surface area contributed by atoms with Crippen molar-refractivity contribution in [2.75, 3.05) is 5.73 Å². The summed E-state index contributed by atoms with van der Waals surface area (Å²) in [7, 11) is 0. The molecule has 0 fully saturated rings. The molecule has 0 amide bonds. The Bertz CT molecular complexity index is 786. The SMILES string of the molecule is CC(C)Oc1cncc(-c2nnc(N)c3ccccc23)c1. The Morgan fingerprint density at radius 2 is 1.81 bits per heavy atom. The molecular weight excluding hydrogens is 264 g/mol. The van der Waals surface area contributed by atoms with Crippen LogP contribution in [0.2, 0.25) is 0 Å². The topological polar surface area (TPSA) is 73.9 Å². The Hall–Kier alpha value is -2.69. The van der Waals surface area contributed by atoms with Gasteiger partial charge in [-0.05, 0) is 19.9 Å². The standard InChI is InChI=1S/C16H16N4O/c1-10(2)21-12-7-11(8-18-9-12)15-13-5-3-4-6-14(13)16(17)20-19-15/h3-10H,1-2H3,(H2,17,20). The highest BCUT2D eigenvalue weighted by molar-refractivity contribution is 5.99. The maximum atomic E-state index is 5.89. The third kappa shape index (κ3) is 2.63. The van der Waals surface area contributed by atoms with Crippen LogP contribution in [0.25, 0.3) is 22.0 Å². The minimum Gasteiger partial charge on any atom is -0.489 e. The number of aromatic nitrogens is 3. The number of nitrogens with zero attached hydrogens (tertiary/aromatic N) is 3. The normalized spacial score (nSPS) is 11.0. The molecule has 0 saturated carbocycles. The lowest BCUT2D eigenvalue weighted by atomic mass is 10.1. The Kier molecular flexibility index (Phi) is 3.39. The van der Waals surface area contributed by atoms with Crippen LogP contribution < -0.4 is 10.5 Å². The highest BCUT2D eigenvalue weighted by Crippen LogP contribution is 2.29. The van der Waals surface area contributed by atoms with E-state index < -0.39 is 0 Å². The average molecular weight is 280 g/mol. The summed E-state index contributed by atoms with van der Waals surface area (Å²) in [5.41, 5.74) is 7.49. The van der Waals surface area contributed by atoms with Gasteiger partial charge in [0.1, 0.15) is 11.4 Å². The second-order valence-corrected chi connectivity index (χ2v) is 5.06. The highest BCUT2D eigenvalue weighted by atomic mass is 16.5. The summed E-state index contributed by atoms with van der Waals surface area (Å²) in [5.74, 6) is 1.14. The minimum atomic E-state index is 0.0938. The van der Waals surface area contributed by atoms with Crippen molar-refractivity contribution < 1.29 is 4.74 Å². The molecule has 5 nitrogen and oxygen atoms in total. The van der Waals surface area contributed by atoms with E-state index in [1.165, 1.54) is 0 Å². The van der Waals surface area contributed by atoms with Crippen molar-refractivity contribution in [3.63, 3.8) is 0 Å². The molecule has 0 unspecified atom stereocenters. The zero-order chi connectivity index (χ0) is 14.8. The molecule has 106 valence electrons. The van der Waals surface area contributed by atoms with Gasteiger partial charge in [0.15, 0.2) is 5.82 Å². The average Bonchev–Trinajstić information content (AvgIpc) is 2.47. The molecule has 3 rings (SSSR count). The molecule has 0 atom stereocenters. The van der Waals surface area contributed by atoms with E-state index in [1.54, 1.807) is 12.4 Å². The molecule has 0 bridgehead atoms. The van der Waals surface area contributed by atoms with Crippen LogP contribution in [0, 0.1) is 0 Å². The van der Waals surface area contributed by atoms with Crippen molar-refractivity contribution in [1.82, 2.24) is 15.2 Å². The molecular formula is C16H16N4O. The predicted molar refractivity (Wildman–Crippen MR) is 82.9 cm³/mol. The largest absolute Gasteiger partial charge is 0.489 e. The van der Waals surface area contributed by atoms with E-state index >= 15 is 0 Å². The lowest BCUT2D eigenvalue weighted by Crippen LogP contribution is -2.06. The quantitative estimate of drug-likeness (QED) is 0.798. The zero-order valence-electron chi connectivity index (χ0n) is 11.9. The van der Waals surface area contributed by atoms with Gasteiger partial charge in [-0.2, -0.15) is 0 Å². The molecule has 0 saturated heterocycles. The number of hydrogen-bond acceptors (Lipinski definition) is 5. The Labute approximate surface area is 122 Å². The lowest BCUT2D eigenvalue weighted by molar-refractivity contribution is 0.241. The summed E-state index contributed by atoms with van der Waals surface area (Å²) in [4.78, 5) is 4.22. The molecule has 0 aliphatic heterocycles. The number of hydrogen-bond donors (Lipinski definition) is 1. The molecule has 5 heteroatoms. The minimum absolute atomic E-state index is 0.0938. The maximum Gasteiger partial charge on any atom is 0.154 e. The summed E-state index contributed by atoms with van der Waals surface area (Å²) in [5, 5.41) is 10.1. The molecule has 21 heavy (non-hydrogen) atoms. The van der Waals surface area contributed by atoms with Crippen LogP contribution in [0.4, 0.5) is 5.82 Å². The van der Waals surface area contributed by atoms with Crippen LogP contribution >= 0.6 is 0 Å². The van der Waals surface area contributed by atoms with Crippen molar-refractivity contribution in [3.8, 4) is 17.0 Å². The number of fused-ring (bicyclic) bond motifs is 1. The van der Waals surface area contributed by atoms with Crippen LogP contribution in [-0.4, -0.2) is 21.3 Å². The molecule has 2 heterocycles. The van der Waals surface area contributed by atoms with Crippen molar-refractivity contribution in [2.24, 2.45) is 0 Å². The molecule has 0 aliphatic carbocycles. The number of anilines is 1. The van der Waals surface area contributed by atoms with E-state index in [0.717, 1.165) is 22.0 Å². The second-order valence-electron chi connectivity index (χ2n) is 5.06. The number of pyridine rings is 1. The first-order valence-corrected chi connectivity index (χ1v) is 6.78. The van der Waals surface area contributed by atoms with Crippen LogP contribution in [0.3, 0.4) is 0 Å². The highest BCUT2D eigenvalue weighted by Gasteiger charge is 2.10. The van der Waals surface area contributed by atoms with Gasteiger partial charge < -0.3 is 10.5 Å². The van der Waals surface area contributed by atoms with Crippen molar-refractivity contribution in [1.29, 1.82) is 0 Å². The van der Waals surface area contributed by atoms with Crippen LogP contribution in [0.1, 0.15) is 13.8 Å². The fourth-order valence-corrected chi connectivity index (χ4v) is 2.22. The predicted octanol–water partition coefficient (Wildman–Crippen LogP) is 3.06. The van der Waals surface area contributed by atoms with Gasteiger partial charge in [-0.25, -0.2) is 0 Å². The number of benzene rings is 1. The van der Waals surface area contributed by atoms with E-state index in [2.05, 4.69) is 15.2 Å². The van der Waals surface area contributed by atoms with Gasteiger partial charge in [0.2, 0.25) is 0 Å². The summed E-state index contributed by atoms with van der Waals surface area (Å²) >= 11 is 0. The van der Waals surface area contributed by atoms with Gasteiger partial charge in [0, 0.05) is 22.5 Å². The Balaban J connectivity index is 2.15. The van der Waals surface area contributed by atoms with Crippen LogP contribution in [-0.2, 0) is 0 Å². The van der Waals surface area contributed by atoms with Crippen LogP contribution in [0.5, 0.6) is 5.75 Å². The summed E-state index contributed by atoms with van der Waals surface area (Å²) < 4.78 is 5.68. The first kappa shape index (κ1) is 13.3.